The van der Waals surface area contributed by atoms with E-state index in [9.17, 15) is 102 Å². The summed E-state index contributed by atoms with van der Waals surface area (Å²) in [5.41, 5.74) is 1.79. The van der Waals surface area contributed by atoms with E-state index < -0.39 is 261 Å². The van der Waals surface area contributed by atoms with Crippen molar-refractivity contribution in [2.24, 2.45) is 0 Å². The van der Waals surface area contributed by atoms with Crippen LogP contribution in [0.2, 0.25) is 0 Å². The summed E-state index contributed by atoms with van der Waals surface area (Å²) in [6.07, 6.45) is -63.9. The Hall–Kier alpha value is -3.11. The molecule has 0 radical (unpaired) electrons. The second kappa shape index (κ2) is 30.2. The topological polar surface area (TPSA) is 581 Å². The molecule has 2 aromatic heterocycles. The first kappa shape index (κ1) is 71.2. The van der Waals surface area contributed by atoms with Gasteiger partial charge in [0.05, 0.1) is 52.4 Å². The number of likely N-dealkylation sites (tertiary alicyclic amines) is 1. The number of aliphatic hydroxyl groups excluding tert-OH is 20. The highest BCUT2D eigenvalue weighted by Gasteiger charge is 2.60. The van der Waals surface area contributed by atoms with Gasteiger partial charge in [0.15, 0.2) is 44.0 Å². The summed E-state index contributed by atoms with van der Waals surface area (Å²) in [5.74, 6) is 0. The molecule has 528 valence electrons. The molecule has 36 atom stereocenters. The van der Waals surface area contributed by atoms with E-state index in [2.05, 4.69) is 20.2 Å². The number of aromatic nitrogens is 4. The first-order valence-electron chi connectivity index (χ1n) is 30.4. The minimum atomic E-state index is -2.23. The van der Waals surface area contributed by atoms with Gasteiger partial charge in [0.1, 0.15) is 177 Å². The molecule has 22 aliphatic heterocycles. The Morgan fingerprint density at radius 1 is 0.376 bits per heavy atom. The summed E-state index contributed by atoms with van der Waals surface area (Å²) in [6.45, 7) is -5.89. The van der Waals surface area contributed by atoms with Crippen molar-refractivity contribution in [3.8, 4) is 11.3 Å². The van der Waals surface area contributed by atoms with Gasteiger partial charge in [0.2, 0.25) is 0 Å². The monoisotopic (exact) mass is 1350 g/mol. The predicted octanol–water partition coefficient (Wildman–Crippen LogP) is -13.1. The lowest BCUT2D eigenvalue weighted by Gasteiger charge is -2.50. The molecule has 0 amide bonds. The molecule has 22 fully saturated rings. The van der Waals surface area contributed by atoms with Crippen molar-refractivity contribution in [2.75, 3.05) is 53.2 Å². The van der Waals surface area contributed by atoms with E-state index in [1.54, 1.807) is 12.4 Å². The highest BCUT2D eigenvalue weighted by molar-refractivity contribution is 5.57. The van der Waals surface area contributed by atoms with Crippen LogP contribution < -0.4 is 0 Å². The van der Waals surface area contributed by atoms with Crippen molar-refractivity contribution in [1.82, 2.24) is 24.9 Å². The van der Waals surface area contributed by atoms with Crippen molar-refractivity contribution < 1.29 is 168 Å². The van der Waals surface area contributed by atoms with Gasteiger partial charge in [-0.2, -0.15) is 0 Å². The fourth-order valence-corrected chi connectivity index (χ4v) is 13.2. The van der Waals surface area contributed by atoms with E-state index in [-0.39, 0.29) is 6.04 Å². The molecule has 1 unspecified atom stereocenters. The number of nitrogens with zero attached hydrogens (tertiary/aromatic N) is 5. The van der Waals surface area contributed by atoms with Gasteiger partial charge in [-0.1, -0.05) is 5.21 Å². The molecule has 2 aromatic rings. The lowest BCUT2D eigenvalue weighted by molar-refractivity contribution is -0.396. The van der Waals surface area contributed by atoms with Crippen LogP contribution in [0.3, 0.4) is 0 Å². The van der Waals surface area contributed by atoms with Gasteiger partial charge in [-0.05, 0) is 38.1 Å². The third-order valence-electron chi connectivity index (χ3n) is 18.5. The third kappa shape index (κ3) is 14.1. The fraction of sp³-hybridized carbons (Fsp3) is 0.870. The van der Waals surface area contributed by atoms with Crippen LogP contribution in [0.25, 0.3) is 11.3 Å². The summed E-state index contributed by atoms with van der Waals surface area (Å²) in [7, 11) is 1.99. The Labute approximate surface area is 527 Å². The molecule has 20 N–H and O–H groups in total. The van der Waals surface area contributed by atoms with Crippen LogP contribution >= 0.6 is 0 Å². The molecule has 22 aliphatic rings. The number of ether oxygens (including phenoxy) is 14. The van der Waals surface area contributed by atoms with Crippen LogP contribution in [-0.2, 0) is 72.9 Å². The van der Waals surface area contributed by atoms with Crippen molar-refractivity contribution >= 4 is 0 Å². The maximum absolute atomic E-state index is 12.1. The van der Waals surface area contributed by atoms with E-state index in [0.29, 0.717) is 11.3 Å². The van der Waals surface area contributed by atoms with Crippen molar-refractivity contribution in [2.45, 2.75) is 240 Å². The van der Waals surface area contributed by atoms with Crippen molar-refractivity contribution in [3.63, 3.8) is 0 Å². The second-order valence-corrected chi connectivity index (χ2v) is 24.4. The maximum atomic E-state index is 12.1. The van der Waals surface area contributed by atoms with E-state index >= 15 is 0 Å². The smallest absolute Gasteiger partial charge is 0.187 e. The molecule has 0 aliphatic carbocycles. The standard InChI is InChI=1S/C54H83N5O34/c1-58-4-2-3-19(58)17-5-16(6-55-7-17)18-8-59(57-56-18)9-20-41-27(66)34(73)48(80-20)88-42-21(10-60)82-50(36(75)29(42)68)90-44-23(12-62)84-52(38(77)31(44)70)92-46-25(14-64)86-54(40(79)33(46)72)93-47-26(15-65)85-53(39(78)32(47)71)91-45-24(13-63)83-51(37(76)30(45)69)89-43-22(11-61)81-49(87-41)35(74)28(43)67/h5-8,19-54,60-79H,2-4,9-15H2,1H3/t19?,20-,21-,22-,23-,24-,25-,26-,27-,28-,29-,30-,31-,32-,33-,34-,35-,36-,37-,38-,39-,40-,41-,42-,43-,44-,45-,46-,47-,48-,49-,50-,51-,52-,53-,54-/m1/s1. The van der Waals surface area contributed by atoms with Gasteiger partial charge in [-0.25, -0.2) is 4.68 Å². The zero-order valence-electron chi connectivity index (χ0n) is 49.6. The zero-order valence-corrected chi connectivity index (χ0v) is 49.6. The molecule has 22 saturated heterocycles. The molecule has 14 bridgehead atoms. The predicted molar refractivity (Wildman–Crippen MR) is 289 cm³/mol. The SMILES string of the molecule is CN1CCCC1c1cncc(-c2cn(C[C@H]3O[C@@H]4O[C@H]5[C@H](O)[C@@H](O)[C@@H](O[C@H]6[C@H](O)[C@@H](O)[C@@H](O[C@H]7[C@H](O)[C@@H](O)[C@@H](O[C@H]8[C@H](O)[C@@H](O)[C@@H](O[C@H]9[C@H](O)[C@@H](O)[C@@H](O[C@H]%10[C@H](O)[C@@H](O)[C@@H](O[C@H]3[C@H](O)[C@H]4O)O[C@@H]%10CO)O[C@@H]9CO)O[C@@H]8CO)O[C@@H]7CO)O[C@@H]6CO)O[C@@H]5CO)nn2)c1. The van der Waals surface area contributed by atoms with Crippen LogP contribution in [0.15, 0.2) is 24.7 Å². The lowest BCUT2D eigenvalue weighted by atomic mass is 9.95. The maximum Gasteiger partial charge on any atom is 0.187 e. The molecular formula is C54H83N5O34. The first-order chi connectivity index (χ1) is 44.5. The number of hydrogen-bond donors (Lipinski definition) is 20. The van der Waals surface area contributed by atoms with E-state index in [1.165, 1.54) is 10.9 Å². The molecule has 39 heteroatoms. The molecule has 93 heavy (non-hydrogen) atoms. The van der Waals surface area contributed by atoms with Crippen molar-refractivity contribution in [1.29, 1.82) is 0 Å². The minimum Gasteiger partial charge on any atom is -0.394 e. The summed E-state index contributed by atoms with van der Waals surface area (Å²) in [4.78, 5) is 6.60. The van der Waals surface area contributed by atoms with Gasteiger partial charge in [-0.15, -0.1) is 5.10 Å². The molecular weight excluding hydrogens is 1260 g/mol. The average molecular weight is 1350 g/mol. The molecule has 39 nitrogen and oxygen atoms in total. The Bertz CT molecular complexity index is 2690. The summed E-state index contributed by atoms with van der Waals surface area (Å²) in [6, 6.07) is 1.98. The van der Waals surface area contributed by atoms with Crippen LogP contribution in [0, 0.1) is 0 Å². The highest BCUT2D eigenvalue weighted by atomic mass is 16.8. The molecule has 24 heterocycles. The Morgan fingerprint density at radius 3 is 0.925 bits per heavy atom. The molecule has 0 saturated carbocycles. The largest absolute Gasteiger partial charge is 0.394 e. The van der Waals surface area contributed by atoms with E-state index in [4.69, 9.17) is 66.3 Å². The first-order valence-corrected chi connectivity index (χ1v) is 30.4. The Kier molecular flexibility index (Phi) is 23.1. The molecule has 24 rings (SSSR count). The van der Waals surface area contributed by atoms with E-state index in [0.717, 1.165) is 24.9 Å². The molecule has 0 spiro atoms. The van der Waals surface area contributed by atoms with Crippen LogP contribution in [-0.4, -0.2) is 395 Å². The highest BCUT2D eigenvalue weighted by Crippen LogP contribution is 2.40. The quantitative estimate of drug-likeness (QED) is 0.105. The van der Waals surface area contributed by atoms with Crippen LogP contribution in [0.5, 0.6) is 0 Å². The zero-order chi connectivity index (χ0) is 66.6. The van der Waals surface area contributed by atoms with Crippen LogP contribution in [0.1, 0.15) is 24.4 Å². The summed E-state index contributed by atoms with van der Waals surface area (Å²) < 4.78 is 83.3. The number of pyridine rings is 1. The third-order valence-corrected chi connectivity index (χ3v) is 18.5. The van der Waals surface area contributed by atoms with Crippen LogP contribution in [0.4, 0.5) is 0 Å². The van der Waals surface area contributed by atoms with E-state index in [1.807, 2.05) is 13.1 Å². The average Bonchev–Trinajstić information content (AvgIpc) is 1.44. The second-order valence-electron chi connectivity index (χ2n) is 24.4. The van der Waals surface area contributed by atoms with Gasteiger partial charge < -0.3 is 168 Å². The normalized spacial score (nSPS) is 49.7. The fourth-order valence-electron chi connectivity index (χ4n) is 13.2. The Balaban J connectivity index is 0.895. The van der Waals surface area contributed by atoms with Gasteiger partial charge in [0.25, 0.3) is 0 Å². The summed E-state index contributed by atoms with van der Waals surface area (Å²) >= 11 is 0. The lowest BCUT2D eigenvalue weighted by Crippen LogP contribution is -2.68. The number of aliphatic hydroxyl groups is 20. The van der Waals surface area contributed by atoms with Gasteiger partial charge >= 0.3 is 0 Å². The van der Waals surface area contributed by atoms with Crippen molar-refractivity contribution in [3.05, 3.63) is 30.2 Å². The summed E-state index contributed by atoms with van der Waals surface area (Å²) in [5, 5.41) is 234. The molecule has 0 aromatic carbocycles. The van der Waals surface area contributed by atoms with Gasteiger partial charge in [-0.3, -0.25) is 9.88 Å². The number of rotatable bonds is 10. The van der Waals surface area contributed by atoms with Gasteiger partial charge in [0, 0.05) is 24.0 Å². The Morgan fingerprint density at radius 2 is 0.656 bits per heavy atom. The number of hydrogen-bond acceptors (Lipinski definition) is 38. The minimum absolute atomic E-state index is 0.0825.